The third-order valence-electron chi connectivity index (χ3n) is 4.16. The van der Waals surface area contributed by atoms with Crippen LogP contribution in [0.3, 0.4) is 0 Å². The molecular weight excluding hydrogens is 242 g/mol. The average molecular weight is 269 g/mol. The molecule has 5 heteroatoms. The highest BCUT2D eigenvalue weighted by Crippen LogP contribution is 2.18. The van der Waals surface area contributed by atoms with Gasteiger partial charge in [0.1, 0.15) is 0 Å². The smallest absolute Gasteiger partial charge is 0.317 e. The molecule has 2 fully saturated rings. The van der Waals surface area contributed by atoms with E-state index in [9.17, 15) is 4.79 Å². The van der Waals surface area contributed by atoms with Crippen LogP contribution in [0.15, 0.2) is 0 Å². The minimum absolute atomic E-state index is 0.0476. The van der Waals surface area contributed by atoms with Crippen molar-refractivity contribution in [1.82, 2.24) is 15.5 Å². The predicted molar refractivity (Wildman–Crippen MR) is 75.2 cm³/mol. The Morgan fingerprint density at radius 2 is 1.84 bits per heavy atom. The zero-order valence-electron chi connectivity index (χ0n) is 12.3. The Balaban J connectivity index is 1.63. The molecule has 0 spiro atoms. The Morgan fingerprint density at radius 1 is 1.21 bits per heavy atom. The number of hydrogen-bond acceptors (Lipinski definition) is 3. The summed E-state index contributed by atoms with van der Waals surface area (Å²) in [6.07, 6.45) is 2.80. The van der Waals surface area contributed by atoms with Crippen molar-refractivity contribution in [3.63, 3.8) is 0 Å². The van der Waals surface area contributed by atoms with Gasteiger partial charge in [-0.15, -0.1) is 0 Å². The second kappa shape index (κ2) is 6.57. The number of piperidine rings is 1. The lowest BCUT2D eigenvalue weighted by Crippen LogP contribution is -2.60. The highest BCUT2D eigenvalue weighted by Gasteiger charge is 2.33. The molecule has 2 aliphatic heterocycles. The van der Waals surface area contributed by atoms with Crippen LogP contribution in [-0.4, -0.2) is 55.4 Å². The van der Waals surface area contributed by atoms with Gasteiger partial charge in [-0.2, -0.15) is 0 Å². The van der Waals surface area contributed by atoms with Gasteiger partial charge in [0.2, 0.25) is 0 Å². The molecule has 2 aliphatic rings. The lowest BCUT2D eigenvalue weighted by molar-refractivity contribution is -0.0854. The summed E-state index contributed by atoms with van der Waals surface area (Å²) in [7, 11) is 0. The molecule has 0 aromatic rings. The van der Waals surface area contributed by atoms with Gasteiger partial charge in [-0.05, 0) is 38.8 Å². The van der Waals surface area contributed by atoms with Crippen LogP contribution in [0.1, 0.15) is 33.6 Å². The third kappa shape index (κ3) is 4.08. The van der Waals surface area contributed by atoms with E-state index in [0.717, 1.165) is 39.0 Å². The fourth-order valence-corrected chi connectivity index (χ4v) is 2.35. The largest absolute Gasteiger partial charge is 0.371 e. The molecule has 0 saturated carbocycles. The molecule has 2 N–H and O–H groups in total. The minimum atomic E-state index is 0.0476. The molecule has 2 rings (SSSR count). The summed E-state index contributed by atoms with van der Waals surface area (Å²) in [5, 5.41) is 6.36. The number of ether oxygens (including phenoxy) is 1. The van der Waals surface area contributed by atoms with Crippen molar-refractivity contribution in [3.05, 3.63) is 0 Å². The second-order valence-corrected chi connectivity index (χ2v) is 6.09. The molecule has 19 heavy (non-hydrogen) atoms. The number of likely N-dealkylation sites (tertiary alicyclic amines) is 1. The monoisotopic (exact) mass is 269 g/mol. The maximum absolute atomic E-state index is 11.9. The number of nitrogens with one attached hydrogen (secondary N) is 2. The quantitative estimate of drug-likeness (QED) is 0.806. The van der Waals surface area contributed by atoms with Gasteiger partial charge in [0.05, 0.1) is 25.3 Å². The van der Waals surface area contributed by atoms with E-state index in [1.807, 2.05) is 11.8 Å². The van der Waals surface area contributed by atoms with E-state index in [2.05, 4.69) is 24.5 Å². The number of amides is 2. The Morgan fingerprint density at radius 3 is 2.42 bits per heavy atom. The van der Waals surface area contributed by atoms with Crippen molar-refractivity contribution >= 4 is 6.03 Å². The zero-order valence-corrected chi connectivity index (χ0v) is 12.3. The molecule has 110 valence electrons. The Labute approximate surface area is 116 Å². The fourth-order valence-electron chi connectivity index (χ4n) is 2.35. The molecule has 0 radical (unpaired) electrons. The molecule has 0 aromatic carbocycles. The first-order valence-corrected chi connectivity index (χ1v) is 7.48. The van der Waals surface area contributed by atoms with Gasteiger partial charge < -0.3 is 20.3 Å². The van der Waals surface area contributed by atoms with Gasteiger partial charge in [-0.1, -0.05) is 13.8 Å². The molecule has 0 bridgehead atoms. The summed E-state index contributed by atoms with van der Waals surface area (Å²) in [6, 6.07) is 0.267. The first-order valence-electron chi connectivity index (χ1n) is 7.48. The summed E-state index contributed by atoms with van der Waals surface area (Å²) in [5.41, 5.74) is 0. The van der Waals surface area contributed by atoms with Crippen molar-refractivity contribution in [3.8, 4) is 0 Å². The van der Waals surface area contributed by atoms with Crippen LogP contribution in [-0.2, 0) is 4.74 Å². The van der Waals surface area contributed by atoms with E-state index in [-0.39, 0.29) is 18.2 Å². The first kappa shape index (κ1) is 14.6. The zero-order chi connectivity index (χ0) is 13.8. The van der Waals surface area contributed by atoms with Gasteiger partial charge in [0.15, 0.2) is 0 Å². The van der Waals surface area contributed by atoms with Crippen molar-refractivity contribution in [2.75, 3.05) is 26.2 Å². The molecule has 2 amide bonds. The number of nitrogens with zero attached hydrogens (tertiary/aromatic N) is 1. The van der Waals surface area contributed by atoms with Crippen LogP contribution in [0.5, 0.6) is 0 Å². The number of rotatable bonds is 4. The van der Waals surface area contributed by atoms with Crippen molar-refractivity contribution in [1.29, 1.82) is 0 Å². The van der Waals surface area contributed by atoms with E-state index in [0.29, 0.717) is 12.0 Å². The van der Waals surface area contributed by atoms with E-state index < -0.39 is 0 Å². The summed E-state index contributed by atoms with van der Waals surface area (Å²) >= 11 is 0. The van der Waals surface area contributed by atoms with Crippen LogP contribution in [0.2, 0.25) is 0 Å². The lowest BCUT2D eigenvalue weighted by atomic mass is 10.1. The van der Waals surface area contributed by atoms with Gasteiger partial charge >= 0.3 is 6.03 Å². The third-order valence-corrected chi connectivity index (χ3v) is 4.16. The lowest BCUT2D eigenvalue weighted by Gasteiger charge is -2.41. The highest BCUT2D eigenvalue weighted by molar-refractivity contribution is 5.75. The van der Waals surface area contributed by atoms with E-state index >= 15 is 0 Å². The van der Waals surface area contributed by atoms with Crippen LogP contribution < -0.4 is 10.6 Å². The number of hydrogen-bond donors (Lipinski definition) is 2. The Kier molecular flexibility index (Phi) is 5.05. The molecule has 2 saturated heterocycles. The average Bonchev–Trinajstić information content (AvgIpc) is 2.34. The molecule has 2 heterocycles. The van der Waals surface area contributed by atoms with Crippen molar-refractivity contribution in [2.45, 2.75) is 51.9 Å². The summed E-state index contributed by atoms with van der Waals surface area (Å²) in [5.74, 6) is 0.465. The Bertz CT molecular complexity index is 297. The van der Waals surface area contributed by atoms with Crippen molar-refractivity contribution in [2.24, 2.45) is 5.92 Å². The minimum Gasteiger partial charge on any atom is -0.371 e. The highest BCUT2D eigenvalue weighted by atomic mass is 16.5. The van der Waals surface area contributed by atoms with Crippen LogP contribution in [0.25, 0.3) is 0 Å². The number of urea groups is 1. The molecule has 1 unspecified atom stereocenters. The van der Waals surface area contributed by atoms with E-state index in [1.54, 1.807) is 0 Å². The SMILES string of the molecule is CC(C)C(C)NC(=O)N1CC(OC2CCNCC2)C1. The summed E-state index contributed by atoms with van der Waals surface area (Å²) < 4.78 is 6.00. The topological polar surface area (TPSA) is 53.6 Å². The molecule has 5 nitrogen and oxygen atoms in total. The summed E-state index contributed by atoms with van der Waals surface area (Å²) in [6.45, 7) is 9.85. The molecular formula is C14H27N3O2. The summed E-state index contributed by atoms with van der Waals surface area (Å²) in [4.78, 5) is 13.8. The molecule has 0 aliphatic carbocycles. The predicted octanol–water partition coefficient (Wildman–Crippen LogP) is 1.19. The number of carbonyl (C=O) groups excluding carboxylic acids is 1. The normalized spacial score (nSPS) is 23.3. The van der Waals surface area contributed by atoms with Gasteiger partial charge in [0, 0.05) is 6.04 Å². The van der Waals surface area contributed by atoms with Gasteiger partial charge in [-0.25, -0.2) is 4.79 Å². The molecule has 0 aromatic heterocycles. The van der Waals surface area contributed by atoms with E-state index in [1.165, 1.54) is 0 Å². The molecule has 1 atom stereocenters. The van der Waals surface area contributed by atoms with Gasteiger partial charge in [-0.3, -0.25) is 0 Å². The van der Waals surface area contributed by atoms with E-state index in [4.69, 9.17) is 4.74 Å². The maximum Gasteiger partial charge on any atom is 0.317 e. The van der Waals surface area contributed by atoms with Crippen LogP contribution in [0, 0.1) is 5.92 Å². The standard InChI is InChI=1S/C14H27N3O2/c1-10(2)11(3)16-14(18)17-8-13(9-17)19-12-4-6-15-7-5-12/h10-13,15H,4-9H2,1-3H3,(H,16,18). The van der Waals surface area contributed by atoms with Crippen LogP contribution >= 0.6 is 0 Å². The number of carbonyl (C=O) groups is 1. The van der Waals surface area contributed by atoms with Crippen LogP contribution in [0.4, 0.5) is 4.79 Å². The maximum atomic E-state index is 11.9. The first-order chi connectivity index (χ1) is 9.06. The van der Waals surface area contributed by atoms with Gasteiger partial charge in [0.25, 0.3) is 0 Å². The fraction of sp³-hybridized carbons (Fsp3) is 0.929. The second-order valence-electron chi connectivity index (χ2n) is 6.09. The Hall–Kier alpha value is -0.810. The van der Waals surface area contributed by atoms with Crippen molar-refractivity contribution < 1.29 is 9.53 Å².